The monoisotopic (exact) mass is 352 g/mol. The molecule has 2 aliphatic carbocycles. The first-order chi connectivity index (χ1) is 11.5. The Morgan fingerprint density at radius 2 is 2.12 bits per heavy atom. The molecule has 0 radical (unpaired) electrons. The second-order valence-corrected chi connectivity index (χ2v) is 10.1. The highest BCUT2D eigenvalue weighted by molar-refractivity contribution is 7.89. The summed E-state index contributed by atoms with van der Waals surface area (Å²) in [5.41, 5.74) is 0.105. The molecule has 3 fully saturated rings. The number of rotatable bonds is 7. The van der Waals surface area contributed by atoms with Crippen LogP contribution < -0.4 is 0 Å². The third kappa shape index (κ3) is 2.90. The van der Waals surface area contributed by atoms with E-state index >= 15 is 0 Å². The number of nitrogens with zero attached hydrogens (tertiary/aromatic N) is 4. The second-order valence-electron chi connectivity index (χ2n) is 8.02. The van der Waals surface area contributed by atoms with E-state index in [4.69, 9.17) is 0 Å². The van der Waals surface area contributed by atoms with Gasteiger partial charge in [0.05, 0.1) is 5.75 Å². The van der Waals surface area contributed by atoms with Crippen LogP contribution in [0.25, 0.3) is 0 Å². The quantitative estimate of drug-likeness (QED) is 0.755. The number of sulfonamides is 1. The molecule has 1 saturated heterocycles. The molecule has 2 saturated carbocycles. The number of hydrogen-bond donors (Lipinski definition) is 0. The highest BCUT2D eigenvalue weighted by atomic mass is 32.2. The van der Waals surface area contributed by atoms with E-state index in [9.17, 15) is 8.42 Å². The maximum absolute atomic E-state index is 12.7. The fourth-order valence-electron chi connectivity index (χ4n) is 4.34. The minimum atomic E-state index is -3.14. The molecular formula is C17H28N4O2S. The van der Waals surface area contributed by atoms with Crippen LogP contribution in [-0.2, 0) is 16.6 Å². The van der Waals surface area contributed by atoms with Gasteiger partial charge in [-0.25, -0.2) is 12.7 Å². The van der Waals surface area contributed by atoms with E-state index in [1.807, 2.05) is 13.3 Å². The third-order valence-corrected chi connectivity index (χ3v) is 8.09. The zero-order chi connectivity index (χ0) is 16.8. The van der Waals surface area contributed by atoms with Gasteiger partial charge in [0, 0.05) is 25.6 Å². The SMILES string of the molecule is CCCCS(=O)(=O)N1CC(c2nncn2CC2CC2)C2(CCC2)C1. The summed E-state index contributed by atoms with van der Waals surface area (Å²) in [4.78, 5) is 0. The van der Waals surface area contributed by atoms with E-state index in [2.05, 4.69) is 14.8 Å². The summed E-state index contributed by atoms with van der Waals surface area (Å²) in [7, 11) is -3.14. The lowest BCUT2D eigenvalue weighted by Gasteiger charge is -2.42. The first kappa shape index (κ1) is 16.5. The molecule has 1 aromatic rings. The van der Waals surface area contributed by atoms with Gasteiger partial charge >= 0.3 is 0 Å². The fourth-order valence-corrected chi connectivity index (χ4v) is 6.08. The first-order valence-electron chi connectivity index (χ1n) is 9.39. The molecule has 3 aliphatic rings. The van der Waals surface area contributed by atoms with Gasteiger partial charge in [-0.15, -0.1) is 10.2 Å². The first-order valence-corrected chi connectivity index (χ1v) is 11.0. The van der Waals surface area contributed by atoms with Crippen LogP contribution in [-0.4, -0.2) is 46.3 Å². The molecule has 1 aromatic heterocycles. The molecule has 7 heteroatoms. The molecule has 1 aliphatic heterocycles. The Morgan fingerprint density at radius 1 is 1.33 bits per heavy atom. The van der Waals surface area contributed by atoms with E-state index in [0.29, 0.717) is 13.1 Å². The van der Waals surface area contributed by atoms with Crippen LogP contribution in [0.3, 0.4) is 0 Å². The Morgan fingerprint density at radius 3 is 2.75 bits per heavy atom. The summed E-state index contributed by atoms with van der Waals surface area (Å²) >= 11 is 0. The van der Waals surface area contributed by atoms with Crippen molar-refractivity contribution in [1.29, 1.82) is 0 Å². The van der Waals surface area contributed by atoms with E-state index in [1.54, 1.807) is 4.31 Å². The number of hydrogen-bond acceptors (Lipinski definition) is 4. The Labute approximate surface area is 144 Å². The van der Waals surface area contributed by atoms with Crippen molar-refractivity contribution in [3.8, 4) is 0 Å². The van der Waals surface area contributed by atoms with E-state index in [-0.39, 0.29) is 17.1 Å². The van der Waals surface area contributed by atoms with Gasteiger partial charge in [0.1, 0.15) is 12.2 Å². The Kier molecular flexibility index (Phi) is 4.19. The standard InChI is InChI=1S/C17H28N4O2S/c1-2-3-9-24(22,23)21-11-15(17(12-21)7-4-8-17)16-19-18-13-20(16)10-14-5-6-14/h13-15H,2-12H2,1H3. The number of aromatic nitrogens is 3. The van der Waals surface area contributed by atoms with Crippen LogP contribution in [0.5, 0.6) is 0 Å². The molecular weight excluding hydrogens is 324 g/mol. The van der Waals surface area contributed by atoms with Crippen LogP contribution >= 0.6 is 0 Å². The Bertz CT molecular complexity index is 691. The van der Waals surface area contributed by atoms with Crippen molar-refractivity contribution in [2.45, 2.75) is 64.3 Å². The normalized spacial score (nSPS) is 26.8. The topological polar surface area (TPSA) is 68.1 Å². The Hall–Kier alpha value is -0.950. The molecule has 134 valence electrons. The summed E-state index contributed by atoms with van der Waals surface area (Å²) in [6, 6.07) is 0. The molecule has 1 spiro atoms. The van der Waals surface area contributed by atoms with Gasteiger partial charge in [-0.05, 0) is 43.4 Å². The van der Waals surface area contributed by atoms with Crippen molar-refractivity contribution in [1.82, 2.24) is 19.1 Å². The molecule has 4 rings (SSSR count). The zero-order valence-electron chi connectivity index (χ0n) is 14.5. The van der Waals surface area contributed by atoms with Gasteiger partial charge in [-0.3, -0.25) is 0 Å². The average Bonchev–Trinajstić information content (AvgIpc) is 3.05. The maximum atomic E-state index is 12.7. The van der Waals surface area contributed by atoms with Gasteiger partial charge < -0.3 is 4.57 Å². The average molecular weight is 353 g/mol. The lowest BCUT2D eigenvalue weighted by Crippen LogP contribution is -2.38. The van der Waals surface area contributed by atoms with E-state index in [1.165, 1.54) is 19.3 Å². The van der Waals surface area contributed by atoms with Crippen molar-refractivity contribution in [2.24, 2.45) is 11.3 Å². The highest BCUT2D eigenvalue weighted by Gasteiger charge is 2.54. The minimum Gasteiger partial charge on any atom is -0.317 e. The predicted molar refractivity (Wildman–Crippen MR) is 92.0 cm³/mol. The molecule has 1 atom stereocenters. The molecule has 2 heterocycles. The molecule has 24 heavy (non-hydrogen) atoms. The predicted octanol–water partition coefficient (Wildman–Crippen LogP) is 2.39. The van der Waals surface area contributed by atoms with E-state index in [0.717, 1.165) is 44.0 Å². The second kappa shape index (κ2) is 6.09. The third-order valence-electron chi connectivity index (χ3n) is 6.22. The van der Waals surface area contributed by atoms with Crippen molar-refractivity contribution >= 4 is 10.0 Å². The van der Waals surface area contributed by atoms with Gasteiger partial charge in [0.15, 0.2) is 0 Å². The smallest absolute Gasteiger partial charge is 0.214 e. The summed E-state index contributed by atoms with van der Waals surface area (Å²) in [5, 5.41) is 8.58. The lowest BCUT2D eigenvalue weighted by atomic mass is 9.62. The van der Waals surface area contributed by atoms with E-state index < -0.39 is 10.0 Å². The van der Waals surface area contributed by atoms with Crippen LogP contribution in [0.1, 0.15) is 63.6 Å². The van der Waals surface area contributed by atoms with Gasteiger partial charge in [0.2, 0.25) is 10.0 Å². The van der Waals surface area contributed by atoms with Crippen molar-refractivity contribution in [3.63, 3.8) is 0 Å². The summed E-state index contributed by atoms with van der Waals surface area (Å²) in [6.45, 7) is 4.31. The minimum absolute atomic E-state index is 0.105. The largest absolute Gasteiger partial charge is 0.317 e. The lowest BCUT2D eigenvalue weighted by molar-refractivity contribution is 0.125. The maximum Gasteiger partial charge on any atom is 0.214 e. The van der Waals surface area contributed by atoms with Crippen LogP contribution in [0, 0.1) is 11.3 Å². The van der Waals surface area contributed by atoms with Crippen LogP contribution in [0.15, 0.2) is 6.33 Å². The molecule has 0 amide bonds. The van der Waals surface area contributed by atoms with Gasteiger partial charge in [0.25, 0.3) is 0 Å². The number of unbranched alkanes of at least 4 members (excludes halogenated alkanes) is 1. The summed E-state index contributed by atoms with van der Waals surface area (Å²) in [5.74, 6) is 2.28. The van der Waals surface area contributed by atoms with Gasteiger partial charge in [-0.2, -0.15) is 0 Å². The molecule has 0 N–H and O–H groups in total. The molecule has 6 nitrogen and oxygen atoms in total. The highest BCUT2D eigenvalue weighted by Crippen LogP contribution is 2.56. The van der Waals surface area contributed by atoms with Crippen molar-refractivity contribution in [2.75, 3.05) is 18.8 Å². The van der Waals surface area contributed by atoms with Crippen LogP contribution in [0.2, 0.25) is 0 Å². The fraction of sp³-hybridized carbons (Fsp3) is 0.882. The summed E-state index contributed by atoms with van der Waals surface area (Å²) in [6.07, 6.45) is 9.54. The Balaban J connectivity index is 1.57. The molecule has 0 bridgehead atoms. The summed E-state index contributed by atoms with van der Waals surface area (Å²) < 4.78 is 29.3. The van der Waals surface area contributed by atoms with Crippen LogP contribution in [0.4, 0.5) is 0 Å². The van der Waals surface area contributed by atoms with Gasteiger partial charge in [-0.1, -0.05) is 19.8 Å². The molecule has 1 unspecified atom stereocenters. The molecule has 0 aromatic carbocycles. The van der Waals surface area contributed by atoms with Crippen molar-refractivity contribution < 1.29 is 8.42 Å². The zero-order valence-corrected chi connectivity index (χ0v) is 15.3. The van der Waals surface area contributed by atoms with Crippen molar-refractivity contribution in [3.05, 3.63) is 12.2 Å².